The van der Waals surface area contributed by atoms with E-state index in [4.69, 9.17) is 0 Å². The molecule has 2 unspecified atom stereocenters. The number of alkyl halides is 1. The van der Waals surface area contributed by atoms with Crippen molar-refractivity contribution in [3.05, 3.63) is 0 Å². The molecule has 1 heterocycles. The van der Waals surface area contributed by atoms with Crippen LogP contribution < -0.4 is 0 Å². The SMILES string of the molecule is CCC1CCC(C)(F)CS1(=O)=O. The highest BCUT2D eigenvalue weighted by Crippen LogP contribution is 2.31. The standard InChI is InChI=1S/C8H15FO2S/c1-3-7-4-5-8(2,9)6-12(7,10)11/h7H,3-6H2,1-2H3. The third-order valence-corrected chi connectivity index (χ3v) is 5.04. The molecule has 0 N–H and O–H groups in total. The Morgan fingerprint density at radius 1 is 1.58 bits per heavy atom. The number of hydrogen-bond acceptors (Lipinski definition) is 2. The highest BCUT2D eigenvalue weighted by atomic mass is 32.2. The minimum Gasteiger partial charge on any atom is -0.243 e. The van der Waals surface area contributed by atoms with Crippen molar-refractivity contribution in [1.29, 1.82) is 0 Å². The molecular formula is C8H15FO2S. The molecule has 4 heteroatoms. The maximum atomic E-state index is 13.3. The van der Waals surface area contributed by atoms with Crippen molar-refractivity contribution in [3.63, 3.8) is 0 Å². The second-order valence-corrected chi connectivity index (χ2v) is 6.07. The molecule has 0 aromatic rings. The van der Waals surface area contributed by atoms with Crippen LogP contribution in [0.4, 0.5) is 4.39 Å². The van der Waals surface area contributed by atoms with E-state index in [1.54, 1.807) is 0 Å². The monoisotopic (exact) mass is 194 g/mol. The van der Waals surface area contributed by atoms with E-state index in [9.17, 15) is 12.8 Å². The summed E-state index contributed by atoms with van der Waals surface area (Å²) in [5.74, 6) is -0.293. The van der Waals surface area contributed by atoms with Gasteiger partial charge < -0.3 is 0 Å². The van der Waals surface area contributed by atoms with Crippen LogP contribution in [0.2, 0.25) is 0 Å². The summed E-state index contributed by atoms with van der Waals surface area (Å²) in [6, 6.07) is 0. The van der Waals surface area contributed by atoms with Crippen LogP contribution in [-0.2, 0) is 9.84 Å². The van der Waals surface area contributed by atoms with Gasteiger partial charge in [0.1, 0.15) is 5.67 Å². The van der Waals surface area contributed by atoms with E-state index in [1.165, 1.54) is 6.92 Å². The van der Waals surface area contributed by atoms with Crippen molar-refractivity contribution in [2.24, 2.45) is 0 Å². The summed E-state index contributed by atoms with van der Waals surface area (Å²) in [4.78, 5) is 0. The van der Waals surface area contributed by atoms with Gasteiger partial charge in [-0.2, -0.15) is 0 Å². The second-order valence-electron chi connectivity index (χ2n) is 3.79. The molecule has 0 amide bonds. The van der Waals surface area contributed by atoms with E-state index in [1.807, 2.05) is 6.92 Å². The van der Waals surface area contributed by atoms with E-state index in [-0.39, 0.29) is 11.0 Å². The van der Waals surface area contributed by atoms with Crippen LogP contribution in [0.3, 0.4) is 0 Å². The normalized spacial score (nSPS) is 41.1. The van der Waals surface area contributed by atoms with E-state index in [0.717, 1.165) is 0 Å². The summed E-state index contributed by atoms with van der Waals surface area (Å²) in [7, 11) is -3.16. The molecule has 2 atom stereocenters. The van der Waals surface area contributed by atoms with Gasteiger partial charge in [-0.05, 0) is 26.2 Å². The molecule has 0 radical (unpaired) electrons. The Labute approximate surface area is 73.1 Å². The Bertz CT molecular complexity index is 256. The largest absolute Gasteiger partial charge is 0.243 e. The fraction of sp³-hybridized carbons (Fsp3) is 1.00. The third-order valence-electron chi connectivity index (χ3n) is 2.45. The molecule has 0 bridgehead atoms. The minimum atomic E-state index is -3.16. The predicted molar refractivity (Wildman–Crippen MR) is 46.6 cm³/mol. The molecule has 1 aliphatic heterocycles. The van der Waals surface area contributed by atoms with Crippen molar-refractivity contribution in [1.82, 2.24) is 0 Å². The summed E-state index contributed by atoms with van der Waals surface area (Å²) in [5.41, 5.74) is -1.50. The average Bonchev–Trinajstić information content (AvgIpc) is 1.83. The molecule has 0 aromatic carbocycles. The predicted octanol–water partition coefficient (Wildman–Crippen LogP) is 1.70. The van der Waals surface area contributed by atoms with Gasteiger partial charge >= 0.3 is 0 Å². The number of rotatable bonds is 1. The van der Waals surface area contributed by atoms with Crippen LogP contribution >= 0.6 is 0 Å². The Hall–Kier alpha value is -0.120. The molecule has 1 aliphatic rings. The summed E-state index contributed by atoms with van der Waals surface area (Å²) in [6.07, 6.45) is 1.47. The van der Waals surface area contributed by atoms with Crippen LogP contribution in [0.1, 0.15) is 33.1 Å². The molecule has 12 heavy (non-hydrogen) atoms. The molecule has 0 aliphatic carbocycles. The fourth-order valence-electron chi connectivity index (χ4n) is 1.71. The van der Waals surface area contributed by atoms with Gasteiger partial charge in [-0.15, -0.1) is 0 Å². The molecule has 1 rings (SSSR count). The second kappa shape index (κ2) is 2.98. The number of hydrogen-bond donors (Lipinski definition) is 0. The lowest BCUT2D eigenvalue weighted by atomic mass is 10.0. The van der Waals surface area contributed by atoms with Gasteiger partial charge in [0.25, 0.3) is 0 Å². The third kappa shape index (κ3) is 1.97. The maximum absolute atomic E-state index is 13.3. The van der Waals surface area contributed by atoms with Crippen molar-refractivity contribution < 1.29 is 12.8 Å². The molecule has 0 spiro atoms. The van der Waals surface area contributed by atoms with Gasteiger partial charge in [-0.1, -0.05) is 6.92 Å². The molecule has 0 saturated carbocycles. The lowest BCUT2D eigenvalue weighted by Crippen LogP contribution is -2.41. The fourth-order valence-corrected chi connectivity index (χ4v) is 3.91. The van der Waals surface area contributed by atoms with Crippen LogP contribution in [-0.4, -0.2) is 25.1 Å². The Morgan fingerprint density at radius 2 is 2.17 bits per heavy atom. The lowest BCUT2D eigenvalue weighted by molar-refractivity contribution is 0.190. The van der Waals surface area contributed by atoms with Crippen LogP contribution in [0.25, 0.3) is 0 Å². The highest BCUT2D eigenvalue weighted by Gasteiger charge is 2.40. The molecule has 0 aromatic heterocycles. The maximum Gasteiger partial charge on any atom is 0.156 e. The molecule has 72 valence electrons. The van der Waals surface area contributed by atoms with E-state index >= 15 is 0 Å². The molecule has 2 nitrogen and oxygen atoms in total. The minimum absolute atomic E-state index is 0.293. The van der Waals surface area contributed by atoms with Crippen LogP contribution in [0.15, 0.2) is 0 Å². The van der Waals surface area contributed by atoms with Gasteiger partial charge in [0.15, 0.2) is 9.84 Å². The summed E-state index contributed by atoms with van der Waals surface area (Å²) >= 11 is 0. The van der Waals surface area contributed by atoms with Gasteiger partial charge in [0.2, 0.25) is 0 Å². The first-order valence-electron chi connectivity index (χ1n) is 4.28. The summed E-state index contributed by atoms with van der Waals surface area (Å²) in [5, 5.41) is -0.304. The highest BCUT2D eigenvalue weighted by molar-refractivity contribution is 7.92. The Balaban J connectivity index is 2.82. The smallest absolute Gasteiger partial charge is 0.156 e. The number of halogens is 1. The van der Waals surface area contributed by atoms with Crippen molar-refractivity contribution in [2.45, 2.75) is 44.0 Å². The van der Waals surface area contributed by atoms with E-state index in [0.29, 0.717) is 19.3 Å². The van der Waals surface area contributed by atoms with Gasteiger partial charge in [-0.25, -0.2) is 12.8 Å². The first kappa shape index (κ1) is 9.96. The first-order valence-corrected chi connectivity index (χ1v) is 5.99. The Morgan fingerprint density at radius 3 is 2.58 bits per heavy atom. The van der Waals surface area contributed by atoms with Gasteiger partial charge in [-0.3, -0.25) is 0 Å². The van der Waals surface area contributed by atoms with Crippen molar-refractivity contribution in [2.75, 3.05) is 5.75 Å². The van der Waals surface area contributed by atoms with Gasteiger partial charge in [0.05, 0.1) is 11.0 Å². The quantitative estimate of drug-likeness (QED) is 0.636. The molecule has 1 fully saturated rings. The van der Waals surface area contributed by atoms with Crippen LogP contribution in [0.5, 0.6) is 0 Å². The van der Waals surface area contributed by atoms with E-state index < -0.39 is 15.5 Å². The number of sulfone groups is 1. The Kier molecular flexibility index (Phi) is 2.47. The zero-order valence-corrected chi connectivity index (χ0v) is 8.32. The zero-order chi connectivity index (χ0) is 9.41. The van der Waals surface area contributed by atoms with E-state index in [2.05, 4.69) is 0 Å². The molecule has 1 saturated heterocycles. The first-order chi connectivity index (χ1) is 5.37. The van der Waals surface area contributed by atoms with Crippen molar-refractivity contribution in [3.8, 4) is 0 Å². The molecular weight excluding hydrogens is 179 g/mol. The topological polar surface area (TPSA) is 34.1 Å². The van der Waals surface area contributed by atoms with Gasteiger partial charge in [0, 0.05) is 0 Å². The lowest BCUT2D eigenvalue weighted by Gasteiger charge is -2.30. The zero-order valence-electron chi connectivity index (χ0n) is 7.51. The average molecular weight is 194 g/mol. The summed E-state index contributed by atoms with van der Waals surface area (Å²) < 4.78 is 36.1. The van der Waals surface area contributed by atoms with Crippen molar-refractivity contribution >= 4 is 9.84 Å². The van der Waals surface area contributed by atoms with Crippen LogP contribution in [0, 0.1) is 0 Å². The summed E-state index contributed by atoms with van der Waals surface area (Å²) in [6.45, 7) is 3.21.